The Morgan fingerprint density at radius 3 is 2.55 bits per heavy atom. The molecule has 1 N–H and O–H groups in total. The molecule has 0 bridgehead atoms. The molecule has 0 aliphatic rings. The molecule has 0 aliphatic carbocycles. The number of ether oxygens (including phenoxy) is 1. The van der Waals surface area contributed by atoms with E-state index in [0.29, 0.717) is 11.3 Å². The summed E-state index contributed by atoms with van der Waals surface area (Å²) >= 11 is 3.43. The molecule has 0 aliphatic heterocycles. The van der Waals surface area contributed by atoms with E-state index in [-0.39, 0.29) is 11.9 Å². The highest BCUT2D eigenvalue weighted by Gasteiger charge is 2.12. The molecule has 0 aromatic heterocycles. The van der Waals surface area contributed by atoms with Gasteiger partial charge in [0, 0.05) is 21.8 Å². The van der Waals surface area contributed by atoms with Crippen LogP contribution < -0.4 is 10.1 Å². The first-order chi connectivity index (χ1) is 9.51. The fraction of sp³-hybridized carbons (Fsp3) is 0.250. The first-order valence-corrected chi connectivity index (χ1v) is 7.16. The summed E-state index contributed by atoms with van der Waals surface area (Å²) in [5.74, 6) is 0.261. The third-order valence-corrected chi connectivity index (χ3v) is 3.73. The molecule has 2 nitrogen and oxygen atoms in total. The zero-order valence-electron chi connectivity index (χ0n) is 11.7. The van der Waals surface area contributed by atoms with Crippen LogP contribution in [0, 0.1) is 12.7 Å². The zero-order chi connectivity index (χ0) is 14.7. The minimum absolute atomic E-state index is 0.124. The van der Waals surface area contributed by atoms with Crippen LogP contribution >= 0.6 is 15.9 Å². The first kappa shape index (κ1) is 14.9. The van der Waals surface area contributed by atoms with Crippen LogP contribution in [0.25, 0.3) is 0 Å². The van der Waals surface area contributed by atoms with Crippen molar-refractivity contribution >= 4 is 21.6 Å². The fourth-order valence-electron chi connectivity index (χ4n) is 2.09. The van der Waals surface area contributed by atoms with Gasteiger partial charge in [0.15, 0.2) is 0 Å². The van der Waals surface area contributed by atoms with Crippen LogP contribution in [0.2, 0.25) is 0 Å². The van der Waals surface area contributed by atoms with E-state index in [1.54, 1.807) is 12.1 Å². The maximum Gasteiger partial charge on any atom is 0.132 e. The average Bonchev–Trinajstić information content (AvgIpc) is 2.41. The van der Waals surface area contributed by atoms with Crippen molar-refractivity contribution in [1.29, 1.82) is 0 Å². The number of aryl methyl sites for hydroxylation is 1. The van der Waals surface area contributed by atoms with E-state index in [0.717, 1.165) is 15.7 Å². The van der Waals surface area contributed by atoms with Crippen LogP contribution in [0.5, 0.6) is 5.75 Å². The lowest BCUT2D eigenvalue weighted by molar-refractivity contribution is 0.410. The maximum absolute atomic E-state index is 14.0. The van der Waals surface area contributed by atoms with E-state index < -0.39 is 0 Å². The lowest BCUT2D eigenvalue weighted by atomic mass is 10.1. The van der Waals surface area contributed by atoms with Gasteiger partial charge in [0.1, 0.15) is 11.6 Å². The van der Waals surface area contributed by atoms with Crippen LogP contribution in [0.1, 0.15) is 24.1 Å². The Kier molecular flexibility index (Phi) is 4.65. The molecular weight excluding hydrogens is 321 g/mol. The van der Waals surface area contributed by atoms with Crippen molar-refractivity contribution in [2.75, 3.05) is 12.4 Å². The second kappa shape index (κ2) is 6.27. The highest BCUT2D eigenvalue weighted by atomic mass is 79.9. The van der Waals surface area contributed by atoms with E-state index in [1.165, 1.54) is 13.2 Å². The van der Waals surface area contributed by atoms with Gasteiger partial charge in [-0.1, -0.05) is 22.0 Å². The van der Waals surface area contributed by atoms with Crippen molar-refractivity contribution in [3.05, 3.63) is 57.8 Å². The lowest BCUT2D eigenvalue weighted by Gasteiger charge is -2.18. The average molecular weight is 338 g/mol. The van der Waals surface area contributed by atoms with E-state index >= 15 is 0 Å². The molecule has 0 saturated carbocycles. The standard InChI is InChI=1S/C16H17BrFNO/c1-10-8-12(17)4-7-16(10)19-11(2)14-6-5-13(20-3)9-15(14)18/h4-9,11,19H,1-3H3. The molecule has 2 rings (SSSR count). The Morgan fingerprint density at radius 2 is 1.95 bits per heavy atom. The highest BCUT2D eigenvalue weighted by molar-refractivity contribution is 9.10. The lowest BCUT2D eigenvalue weighted by Crippen LogP contribution is -2.09. The molecule has 2 aromatic carbocycles. The summed E-state index contributed by atoms with van der Waals surface area (Å²) in [5, 5.41) is 3.33. The Morgan fingerprint density at radius 1 is 1.20 bits per heavy atom. The molecule has 4 heteroatoms. The third kappa shape index (κ3) is 3.31. The number of anilines is 1. The molecule has 0 spiro atoms. The number of hydrogen-bond donors (Lipinski definition) is 1. The summed E-state index contributed by atoms with van der Waals surface area (Å²) in [4.78, 5) is 0. The van der Waals surface area contributed by atoms with Crippen molar-refractivity contribution in [2.45, 2.75) is 19.9 Å². The number of hydrogen-bond acceptors (Lipinski definition) is 2. The predicted molar refractivity (Wildman–Crippen MR) is 83.9 cm³/mol. The Hall–Kier alpha value is -1.55. The Balaban J connectivity index is 2.21. The number of nitrogens with one attached hydrogen (secondary N) is 1. The van der Waals surface area contributed by atoms with Gasteiger partial charge in [-0.05, 0) is 43.7 Å². The molecule has 0 heterocycles. The maximum atomic E-state index is 14.0. The number of methoxy groups -OCH3 is 1. The normalized spacial score (nSPS) is 12.1. The summed E-state index contributed by atoms with van der Waals surface area (Å²) in [6.45, 7) is 3.95. The number of benzene rings is 2. The second-order valence-electron chi connectivity index (χ2n) is 4.71. The summed E-state index contributed by atoms with van der Waals surface area (Å²) in [5.41, 5.74) is 2.73. The Bertz CT molecular complexity index is 615. The van der Waals surface area contributed by atoms with Crippen molar-refractivity contribution in [3.63, 3.8) is 0 Å². The van der Waals surface area contributed by atoms with Crippen LogP contribution in [0.15, 0.2) is 40.9 Å². The molecule has 2 aromatic rings. The Labute approximate surface area is 127 Å². The topological polar surface area (TPSA) is 21.3 Å². The third-order valence-electron chi connectivity index (χ3n) is 3.23. The van der Waals surface area contributed by atoms with Crippen molar-refractivity contribution < 1.29 is 9.13 Å². The smallest absolute Gasteiger partial charge is 0.132 e. The minimum Gasteiger partial charge on any atom is -0.497 e. The van der Waals surface area contributed by atoms with Crippen molar-refractivity contribution in [3.8, 4) is 5.75 Å². The van der Waals surface area contributed by atoms with Gasteiger partial charge in [-0.3, -0.25) is 0 Å². The zero-order valence-corrected chi connectivity index (χ0v) is 13.3. The number of halogens is 2. The molecular formula is C16H17BrFNO. The fourth-order valence-corrected chi connectivity index (χ4v) is 2.56. The van der Waals surface area contributed by atoms with Gasteiger partial charge >= 0.3 is 0 Å². The summed E-state index contributed by atoms with van der Waals surface area (Å²) < 4.78 is 20.1. The highest BCUT2D eigenvalue weighted by Crippen LogP contribution is 2.27. The summed E-state index contributed by atoms with van der Waals surface area (Å²) in [6, 6.07) is 10.8. The van der Waals surface area contributed by atoms with E-state index in [9.17, 15) is 4.39 Å². The quantitative estimate of drug-likeness (QED) is 0.840. The molecule has 0 radical (unpaired) electrons. The van der Waals surface area contributed by atoms with Crippen molar-refractivity contribution in [1.82, 2.24) is 0 Å². The van der Waals surface area contributed by atoms with Gasteiger partial charge < -0.3 is 10.1 Å². The molecule has 20 heavy (non-hydrogen) atoms. The molecule has 106 valence electrons. The van der Waals surface area contributed by atoms with Crippen LogP contribution in [-0.2, 0) is 0 Å². The van der Waals surface area contributed by atoms with Gasteiger partial charge in [-0.15, -0.1) is 0 Å². The van der Waals surface area contributed by atoms with Crippen LogP contribution in [-0.4, -0.2) is 7.11 Å². The molecule has 1 unspecified atom stereocenters. The van der Waals surface area contributed by atoms with Crippen molar-refractivity contribution in [2.24, 2.45) is 0 Å². The first-order valence-electron chi connectivity index (χ1n) is 6.37. The molecule has 0 amide bonds. The van der Waals surface area contributed by atoms with Gasteiger partial charge in [-0.25, -0.2) is 4.39 Å². The monoisotopic (exact) mass is 337 g/mol. The van der Waals surface area contributed by atoms with Gasteiger partial charge in [0.25, 0.3) is 0 Å². The summed E-state index contributed by atoms with van der Waals surface area (Å²) in [7, 11) is 1.53. The second-order valence-corrected chi connectivity index (χ2v) is 5.63. The molecule has 0 saturated heterocycles. The SMILES string of the molecule is COc1ccc(C(C)Nc2ccc(Br)cc2C)c(F)c1. The van der Waals surface area contributed by atoms with Gasteiger partial charge in [0.05, 0.1) is 13.2 Å². The van der Waals surface area contributed by atoms with Gasteiger partial charge in [0.2, 0.25) is 0 Å². The number of rotatable bonds is 4. The van der Waals surface area contributed by atoms with E-state index in [1.807, 2.05) is 32.0 Å². The van der Waals surface area contributed by atoms with Crippen LogP contribution in [0.3, 0.4) is 0 Å². The van der Waals surface area contributed by atoms with Gasteiger partial charge in [-0.2, -0.15) is 0 Å². The molecule has 1 atom stereocenters. The van der Waals surface area contributed by atoms with E-state index in [2.05, 4.69) is 21.2 Å². The predicted octanol–water partition coefficient (Wildman–Crippen LogP) is 5.08. The minimum atomic E-state index is -0.265. The van der Waals surface area contributed by atoms with Crippen LogP contribution in [0.4, 0.5) is 10.1 Å². The molecule has 0 fully saturated rings. The summed E-state index contributed by atoms with van der Waals surface area (Å²) in [6.07, 6.45) is 0. The largest absolute Gasteiger partial charge is 0.497 e. The van der Waals surface area contributed by atoms with E-state index in [4.69, 9.17) is 4.74 Å².